The number of fused-ring (bicyclic) bond motifs is 15. The van der Waals surface area contributed by atoms with Crippen LogP contribution in [0.15, 0.2) is 237 Å². The molecule has 14 rings (SSSR count). The molecule has 12 aromatic rings. The Hall–Kier alpha value is -8.30. The molecule has 10 aromatic carbocycles. The smallest absolute Gasteiger partial charge is 0.220 e. The SMILES string of the molecule is [2H]C([2H])([2H])[Si]1(C([2H])([2H])[2H])c2cc(-n3c4ccccc4n4c5ccccc5nc34)ccc2Oc2c([Si](c3ccccc3)(c3ccccc3)c3ccc4c(c3)-c3ccccc3-c3ccccc3-c3ccccc3-4)cccc21. The monoisotopic (exact) mass is 921 g/mol. The number of hydrogen-bond donors (Lipinski definition) is 0. The maximum atomic E-state index is 9.68. The van der Waals surface area contributed by atoms with E-state index in [-0.39, 0.29) is 16.1 Å². The van der Waals surface area contributed by atoms with Crippen LogP contribution in [-0.2, 0) is 0 Å². The minimum absolute atomic E-state index is 0.194. The lowest BCUT2D eigenvalue weighted by molar-refractivity contribution is 0.490. The lowest BCUT2D eigenvalue weighted by atomic mass is 9.81. The van der Waals surface area contributed by atoms with Crippen LogP contribution in [0.25, 0.3) is 78.0 Å². The molecule has 0 saturated heterocycles. The standard InChI is InChI=1S/C63H45N3OSi2/c1-68(2)59-34-19-35-60(62(59)67-58-39-36-42(40-61(58)68)65-56-32-17-18-33-57(56)66-55-31-16-15-30-54(55)64-63(65)66)69(43-20-5-3-6-21-43,44-22-7-4-8-23-44)45-37-38-52-50-28-12-11-26-48(50)46-24-9-10-25-47(46)49-27-13-14-29-51(49)53(52)41-45/h3-41H,1-2H3/i1D3,2D3. The highest BCUT2D eigenvalue weighted by atomic mass is 28.3. The Kier molecular flexibility index (Phi) is 7.46. The van der Waals surface area contributed by atoms with Gasteiger partial charge in [-0.05, 0) is 118 Å². The Balaban J connectivity index is 1.07. The van der Waals surface area contributed by atoms with Gasteiger partial charge in [0, 0.05) is 13.9 Å². The summed E-state index contributed by atoms with van der Waals surface area (Å²) in [5, 5.41) is 4.28. The van der Waals surface area contributed by atoms with Gasteiger partial charge in [0.25, 0.3) is 0 Å². The van der Waals surface area contributed by atoms with E-state index in [0.717, 1.165) is 87.3 Å². The van der Waals surface area contributed by atoms with E-state index in [2.05, 4.69) is 150 Å². The van der Waals surface area contributed by atoms with Crippen LogP contribution in [0.2, 0.25) is 13.0 Å². The zero-order chi connectivity index (χ0) is 50.8. The average Bonchev–Trinajstić information content (AvgIpc) is 3.98. The summed E-state index contributed by atoms with van der Waals surface area (Å²) in [7, 11) is -8.62. The molecule has 0 N–H and O–H groups in total. The van der Waals surface area contributed by atoms with E-state index in [9.17, 15) is 8.22 Å². The molecule has 0 amide bonds. The molecule has 1 aliphatic carbocycles. The first-order valence-electron chi connectivity index (χ1n) is 26.4. The predicted octanol–water partition coefficient (Wildman–Crippen LogP) is 11.7. The van der Waals surface area contributed by atoms with Gasteiger partial charge in [0.15, 0.2) is 8.07 Å². The van der Waals surface area contributed by atoms with E-state index in [4.69, 9.17) is 9.72 Å². The molecule has 4 nitrogen and oxygen atoms in total. The molecule has 0 bridgehead atoms. The third kappa shape index (κ3) is 5.70. The van der Waals surface area contributed by atoms with Crippen molar-refractivity contribution in [2.45, 2.75) is 13.0 Å². The summed E-state index contributed by atoms with van der Waals surface area (Å²) in [6.45, 7) is -5.95. The van der Waals surface area contributed by atoms with Crippen LogP contribution in [0, 0.1) is 0 Å². The van der Waals surface area contributed by atoms with Crippen molar-refractivity contribution in [2.75, 3.05) is 0 Å². The van der Waals surface area contributed by atoms with Crippen LogP contribution in [0.5, 0.6) is 11.5 Å². The number of para-hydroxylation sites is 5. The summed E-state index contributed by atoms with van der Waals surface area (Å²) in [5.74, 6) is 1.15. The first-order valence-corrected chi connectivity index (χ1v) is 27.4. The van der Waals surface area contributed by atoms with Crippen molar-refractivity contribution < 1.29 is 13.0 Å². The quantitative estimate of drug-likeness (QED) is 0.127. The van der Waals surface area contributed by atoms with Crippen molar-refractivity contribution in [1.29, 1.82) is 0 Å². The van der Waals surface area contributed by atoms with E-state index < -0.39 is 29.1 Å². The Morgan fingerprint density at radius 2 is 0.971 bits per heavy atom. The molecule has 2 aliphatic rings. The number of nitrogens with zero attached hydrogens (tertiary/aromatic N) is 3. The van der Waals surface area contributed by atoms with Gasteiger partial charge >= 0.3 is 0 Å². The fraction of sp³-hybridized carbons (Fsp3) is 0.0317. The summed E-state index contributed by atoms with van der Waals surface area (Å²) in [6.07, 6.45) is 0. The van der Waals surface area contributed by atoms with Gasteiger partial charge in [-0.15, -0.1) is 0 Å². The van der Waals surface area contributed by atoms with E-state index in [0.29, 0.717) is 17.2 Å². The molecule has 0 unspecified atom stereocenters. The second-order valence-electron chi connectivity index (χ2n) is 18.2. The lowest BCUT2D eigenvalue weighted by Gasteiger charge is -2.40. The Bertz CT molecular complexity index is 4220. The van der Waals surface area contributed by atoms with Gasteiger partial charge in [0.05, 0.1) is 22.1 Å². The van der Waals surface area contributed by atoms with Gasteiger partial charge in [-0.1, -0.05) is 207 Å². The van der Waals surface area contributed by atoms with E-state index >= 15 is 0 Å². The second kappa shape index (κ2) is 15.1. The number of rotatable bonds is 5. The van der Waals surface area contributed by atoms with Gasteiger partial charge < -0.3 is 4.74 Å². The Morgan fingerprint density at radius 1 is 0.435 bits per heavy atom. The third-order valence-corrected chi connectivity index (χ3v) is 21.8. The third-order valence-electron chi connectivity index (χ3n) is 14.6. The predicted molar refractivity (Wildman–Crippen MR) is 292 cm³/mol. The summed E-state index contributed by atoms with van der Waals surface area (Å²) >= 11 is 0. The van der Waals surface area contributed by atoms with E-state index in [1.807, 2.05) is 77.4 Å². The van der Waals surface area contributed by atoms with Gasteiger partial charge in [0.2, 0.25) is 5.78 Å². The largest absolute Gasteiger partial charge is 0.458 e. The molecule has 6 heteroatoms. The molecule has 3 heterocycles. The van der Waals surface area contributed by atoms with E-state index in [1.54, 1.807) is 18.2 Å². The number of imidazole rings is 2. The molecule has 2 aromatic heterocycles. The van der Waals surface area contributed by atoms with E-state index in [1.165, 1.54) is 0 Å². The molecular weight excluding hydrogens is 871 g/mol. The van der Waals surface area contributed by atoms with Crippen LogP contribution in [0.4, 0.5) is 0 Å². The number of aromatic nitrogens is 3. The minimum atomic E-state index is -4.95. The topological polar surface area (TPSA) is 31.5 Å². The first-order chi connectivity index (χ1) is 36.5. The van der Waals surface area contributed by atoms with Crippen LogP contribution in [0.1, 0.15) is 8.22 Å². The summed E-state index contributed by atoms with van der Waals surface area (Å²) in [6, 6.07) is 80.6. The van der Waals surface area contributed by atoms with Crippen LogP contribution in [-0.4, -0.2) is 30.1 Å². The van der Waals surface area contributed by atoms with Crippen molar-refractivity contribution in [3.05, 3.63) is 237 Å². The maximum Gasteiger partial charge on any atom is 0.220 e. The summed E-state index contributed by atoms with van der Waals surface area (Å²) in [4.78, 5) is 5.09. The number of ether oxygens (including phenoxy) is 1. The molecular formula is C63H45N3OSi2. The van der Waals surface area contributed by atoms with Crippen molar-refractivity contribution >= 4 is 75.1 Å². The molecule has 0 fully saturated rings. The molecule has 0 saturated carbocycles. The molecule has 0 radical (unpaired) electrons. The maximum absolute atomic E-state index is 9.68. The second-order valence-corrected chi connectivity index (χ2v) is 24.5. The van der Waals surface area contributed by atoms with Crippen molar-refractivity contribution in [1.82, 2.24) is 14.0 Å². The highest BCUT2D eigenvalue weighted by Crippen LogP contribution is 2.47. The average molecular weight is 922 g/mol. The Labute approximate surface area is 411 Å². The number of hydrogen-bond acceptors (Lipinski definition) is 2. The van der Waals surface area contributed by atoms with Gasteiger partial charge in [0.1, 0.15) is 19.6 Å². The van der Waals surface area contributed by atoms with Crippen LogP contribution >= 0.6 is 0 Å². The summed E-state index contributed by atoms with van der Waals surface area (Å²) in [5.41, 5.74) is 13.0. The molecule has 1 aliphatic heterocycles. The van der Waals surface area contributed by atoms with Crippen LogP contribution < -0.4 is 35.9 Å². The molecule has 0 spiro atoms. The Morgan fingerprint density at radius 3 is 1.59 bits per heavy atom. The van der Waals surface area contributed by atoms with Gasteiger partial charge in [-0.2, -0.15) is 0 Å². The zero-order valence-electron chi connectivity index (χ0n) is 43.3. The van der Waals surface area contributed by atoms with Crippen molar-refractivity contribution in [2.24, 2.45) is 0 Å². The normalized spacial score (nSPS) is 15.0. The first kappa shape index (κ1) is 34.1. The van der Waals surface area contributed by atoms with Gasteiger partial charge in [-0.3, -0.25) is 8.97 Å². The number of benzene rings is 10. The highest BCUT2D eigenvalue weighted by Gasteiger charge is 2.47. The molecule has 0 atom stereocenters. The lowest BCUT2D eigenvalue weighted by Crippen LogP contribution is -2.75. The van der Waals surface area contributed by atoms with Crippen LogP contribution in [0.3, 0.4) is 0 Å². The summed E-state index contributed by atoms with van der Waals surface area (Å²) < 4.78 is 69.5. The van der Waals surface area contributed by atoms with Crippen molar-refractivity contribution in [3.63, 3.8) is 0 Å². The molecule has 69 heavy (non-hydrogen) atoms. The van der Waals surface area contributed by atoms with Gasteiger partial charge in [-0.25, -0.2) is 4.98 Å². The fourth-order valence-corrected chi connectivity index (χ4v) is 18.6. The van der Waals surface area contributed by atoms with Crippen molar-refractivity contribution in [3.8, 4) is 61.7 Å². The highest BCUT2D eigenvalue weighted by molar-refractivity contribution is 7.20. The minimum Gasteiger partial charge on any atom is -0.458 e. The fourth-order valence-electron chi connectivity index (χ4n) is 11.6. The molecule has 326 valence electrons. The zero-order valence-corrected chi connectivity index (χ0v) is 39.3.